The fourth-order valence-corrected chi connectivity index (χ4v) is 2.10. The van der Waals surface area contributed by atoms with Gasteiger partial charge in [-0.05, 0) is 44.7 Å². The molecule has 14 heavy (non-hydrogen) atoms. The van der Waals surface area contributed by atoms with Gasteiger partial charge in [0.25, 0.3) is 0 Å². The molecule has 2 nitrogen and oxygen atoms in total. The molecule has 1 N–H and O–H groups in total. The van der Waals surface area contributed by atoms with E-state index < -0.39 is 0 Å². The summed E-state index contributed by atoms with van der Waals surface area (Å²) in [5, 5.41) is 3.62. The summed E-state index contributed by atoms with van der Waals surface area (Å²) in [4.78, 5) is 2.65. The lowest BCUT2D eigenvalue weighted by molar-refractivity contribution is 0.236. The SMILES string of the molecule is CCN(CC(C)CNC1CC1)C1CC1. The van der Waals surface area contributed by atoms with Gasteiger partial charge in [-0.2, -0.15) is 0 Å². The molecule has 0 aromatic rings. The molecule has 1 atom stereocenters. The predicted octanol–water partition coefficient (Wildman–Crippen LogP) is 1.86. The van der Waals surface area contributed by atoms with Gasteiger partial charge in [0.15, 0.2) is 0 Å². The number of nitrogens with zero attached hydrogens (tertiary/aromatic N) is 1. The van der Waals surface area contributed by atoms with Crippen LogP contribution < -0.4 is 5.32 Å². The van der Waals surface area contributed by atoms with Gasteiger partial charge < -0.3 is 10.2 Å². The first-order valence-electron chi connectivity index (χ1n) is 6.27. The molecule has 0 amide bonds. The third kappa shape index (κ3) is 3.25. The molecule has 2 fully saturated rings. The minimum absolute atomic E-state index is 0.816. The fraction of sp³-hybridized carbons (Fsp3) is 1.00. The Morgan fingerprint density at radius 2 is 2.00 bits per heavy atom. The second kappa shape index (κ2) is 4.63. The van der Waals surface area contributed by atoms with Crippen LogP contribution in [0.25, 0.3) is 0 Å². The molecular formula is C12H24N2. The van der Waals surface area contributed by atoms with Gasteiger partial charge in [0.2, 0.25) is 0 Å². The highest BCUT2D eigenvalue weighted by Gasteiger charge is 2.28. The Labute approximate surface area is 88.1 Å². The highest BCUT2D eigenvalue weighted by molar-refractivity contribution is 4.86. The Morgan fingerprint density at radius 3 is 2.50 bits per heavy atom. The molecule has 0 bridgehead atoms. The number of hydrogen-bond donors (Lipinski definition) is 1. The van der Waals surface area contributed by atoms with Gasteiger partial charge in [-0.1, -0.05) is 13.8 Å². The Kier molecular flexibility index (Phi) is 3.45. The van der Waals surface area contributed by atoms with Crippen LogP contribution in [0.3, 0.4) is 0 Å². The van der Waals surface area contributed by atoms with E-state index in [1.807, 2.05) is 0 Å². The third-order valence-electron chi connectivity index (χ3n) is 3.35. The molecule has 2 aliphatic carbocycles. The quantitative estimate of drug-likeness (QED) is 0.668. The molecule has 0 aromatic heterocycles. The molecule has 0 aromatic carbocycles. The van der Waals surface area contributed by atoms with Crippen molar-refractivity contribution in [1.82, 2.24) is 10.2 Å². The third-order valence-corrected chi connectivity index (χ3v) is 3.35. The molecule has 2 heteroatoms. The summed E-state index contributed by atoms with van der Waals surface area (Å²) in [6.45, 7) is 8.41. The normalized spacial score (nSPS) is 24.2. The second-order valence-corrected chi connectivity index (χ2v) is 5.11. The number of nitrogens with one attached hydrogen (secondary N) is 1. The maximum atomic E-state index is 3.62. The summed E-state index contributed by atoms with van der Waals surface area (Å²) in [5.74, 6) is 0.816. The molecule has 2 saturated carbocycles. The summed E-state index contributed by atoms with van der Waals surface area (Å²) in [6, 6.07) is 1.80. The van der Waals surface area contributed by atoms with Gasteiger partial charge in [-0.3, -0.25) is 0 Å². The summed E-state index contributed by atoms with van der Waals surface area (Å²) < 4.78 is 0. The molecule has 1 unspecified atom stereocenters. The minimum Gasteiger partial charge on any atom is -0.314 e. The second-order valence-electron chi connectivity index (χ2n) is 5.11. The van der Waals surface area contributed by atoms with Crippen molar-refractivity contribution in [2.75, 3.05) is 19.6 Å². The van der Waals surface area contributed by atoms with Crippen molar-refractivity contribution in [3.63, 3.8) is 0 Å². The number of rotatable bonds is 7. The Hall–Kier alpha value is -0.0800. The monoisotopic (exact) mass is 196 g/mol. The van der Waals surface area contributed by atoms with Gasteiger partial charge in [0.05, 0.1) is 0 Å². The molecular weight excluding hydrogens is 172 g/mol. The van der Waals surface area contributed by atoms with E-state index in [-0.39, 0.29) is 0 Å². The average Bonchev–Trinajstić information content (AvgIpc) is 3.04. The van der Waals surface area contributed by atoms with Crippen molar-refractivity contribution >= 4 is 0 Å². The van der Waals surface area contributed by atoms with E-state index in [9.17, 15) is 0 Å². The molecule has 2 aliphatic rings. The fourth-order valence-electron chi connectivity index (χ4n) is 2.10. The molecule has 82 valence electrons. The van der Waals surface area contributed by atoms with Crippen molar-refractivity contribution in [2.45, 2.75) is 51.6 Å². The van der Waals surface area contributed by atoms with Gasteiger partial charge >= 0.3 is 0 Å². The Morgan fingerprint density at radius 1 is 1.29 bits per heavy atom. The van der Waals surface area contributed by atoms with Gasteiger partial charge in [-0.15, -0.1) is 0 Å². The van der Waals surface area contributed by atoms with Crippen LogP contribution in [-0.2, 0) is 0 Å². The summed E-state index contributed by atoms with van der Waals surface area (Å²) in [6.07, 6.45) is 5.70. The van der Waals surface area contributed by atoms with E-state index in [0.29, 0.717) is 0 Å². The van der Waals surface area contributed by atoms with E-state index >= 15 is 0 Å². The number of hydrogen-bond acceptors (Lipinski definition) is 2. The minimum atomic E-state index is 0.816. The van der Waals surface area contributed by atoms with E-state index in [1.165, 1.54) is 45.3 Å². The lowest BCUT2D eigenvalue weighted by Crippen LogP contribution is -2.35. The highest BCUT2D eigenvalue weighted by atomic mass is 15.2. The van der Waals surface area contributed by atoms with Gasteiger partial charge in [0.1, 0.15) is 0 Å². The highest BCUT2D eigenvalue weighted by Crippen LogP contribution is 2.27. The molecule has 2 rings (SSSR count). The average molecular weight is 196 g/mol. The topological polar surface area (TPSA) is 15.3 Å². The van der Waals surface area contributed by atoms with Crippen LogP contribution in [0.2, 0.25) is 0 Å². The Balaban J connectivity index is 1.60. The van der Waals surface area contributed by atoms with Crippen molar-refractivity contribution in [1.29, 1.82) is 0 Å². The van der Waals surface area contributed by atoms with Crippen LogP contribution in [0.5, 0.6) is 0 Å². The van der Waals surface area contributed by atoms with Crippen LogP contribution in [0.15, 0.2) is 0 Å². The van der Waals surface area contributed by atoms with Crippen LogP contribution in [0.4, 0.5) is 0 Å². The first-order valence-corrected chi connectivity index (χ1v) is 6.27. The van der Waals surface area contributed by atoms with Crippen molar-refractivity contribution < 1.29 is 0 Å². The molecule has 0 aliphatic heterocycles. The first kappa shape index (κ1) is 10.4. The smallest absolute Gasteiger partial charge is 0.00964 e. The predicted molar refractivity (Wildman–Crippen MR) is 60.5 cm³/mol. The largest absolute Gasteiger partial charge is 0.314 e. The lowest BCUT2D eigenvalue weighted by atomic mass is 10.1. The first-order chi connectivity index (χ1) is 6.79. The van der Waals surface area contributed by atoms with Gasteiger partial charge in [0, 0.05) is 18.6 Å². The zero-order valence-electron chi connectivity index (χ0n) is 9.63. The van der Waals surface area contributed by atoms with Gasteiger partial charge in [-0.25, -0.2) is 0 Å². The standard InChI is InChI=1S/C12H24N2/c1-3-14(12-6-7-12)9-10(2)8-13-11-4-5-11/h10-13H,3-9H2,1-2H3. The maximum absolute atomic E-state index is 3.62. The van der Waals surface area contributed by atoms with Crippen molar-refractivity contribution in [3.8, 4) is 0 Å². The van der Waals surface area contributed by atoms with Crippen molar-refractivity contribution in [3.05, 3.63) is 0 Å². The van der Waals surface area contributed by atoms with E-state index in [0.717, 1.165) is 18.0 Å². The van der Waals surface area contributed by atoms with Crippen molar-refractivity contribution in [2.24, 2.45) is 5.92 Å². The van der Waals surface area contributed by atoms with E-state index in [1.54, 1.807) is 0 Å². The van der Waals surface area contributed by atoms with E-state index in [2.05, 4.69) is 24.1 Å². The molecule has 0 spiro atoms. The summed E-state index contributed by atoms with van der Waals surface area (Å²) in [7, 11) is 0. The zero-order valence-corrected chi connectivity index (χ0v) is 9.63. The zero-order chi connectivity index (χ0) is 9.97. The molecule has 0 heterocycles. The summed E-state index contributed by atoms with van der Waals surface area (Å²) >= 11 is 0. The maximum Gasteiger partial charge on any atom is 0.00964 e. The van der Waals surface area contributed by atoms with Crippen LogP contribution in [0, 0.1) is 5.92 Å². The Bertz CT molecular complexity index is 173. The van der Waals surface area contributed by atoms with E-state index in [4.69, 9.17) is 0 Å². The summed E-state index contributed by atoms with van der Waals surface area (Å²) in [5.41, 5.74) is 0. The van der Waals surface area contributed by atoms with Crippen LogP contribution in [-0.4, -0.2) is 36.6 Å². The molecule has 0 radical (unpaired) electrons. The van der Waals surface area contributed by atoms with Crippen LogP contribution >= 0.6 is 0 Å². The molecule has 0 saturated heterocycles. The lowest BCUT2D eigenvalue weighted by Gasteiger charge is -2.24. The van der Waals surface area contributed by atoms with Crippen LogP contribution in [0.1, 0.15) is 39.5 Å².